The first-order valence-electron chi connectivity index (χ1n) is 7.01. The van der Waals surface area contributed by atoms with Gasteiger partial charge in [-0.25, -0.2) is 8.78 Å². The number of benzene rings is 1. The Morgan fingerprint density at radius 2 is 2.09 bits per heavy atom. The number of carbonyl (C=O) groups is 1. The van der Waals surface area contributed by atoms with Gasteiger partial charge in [-0.3, -0.25) is 14.2 Å². The highest BCUT2D eigenvalue weighted by atomic mass is 19.3. The van der Waals surface area contributed by atoms with E-state index in [-0.39, 0.29) is 11.7 Å². The molecule has 1 aromatic carbocycles. The summed E-state index contributed by atoms with van der Waals surface area (Å²) >= 11 is 0. The van der Waals surface area contributed by atoms with Crippen LogP contribution in [0.5, 0.6) is 0 Å². The fourth-order valence-corrected chi connectivity index (χ4v) is 2.53. The lowest BCUT2D eigenvalue weighted by Gasteiger charge is -2.04. The minimum atomic E-state index is -2.53. The number of aromatic nitrogens is 4. The van der Waals surface area contributed by atoms with Crippen LogP contribution >= 0.6 is 0 Å². The third-order valence-corrected chi connectivity index (χ3v) is 3.54. The quantitative estimate of drug-likeness (QED) is 0.804. The van der Waals surface area contributed by atoms with Crippen LogP contribution in [0.1, 0.15) is 16.1 Å². The van der Waals surface area contributed by atoms with Gasteiger partial charge in [0.05, 0.1) is 11.7 Å². The van der Waals surface area contributed by atoms with Gasteiger partial charge in [-0.05, 0) is 24.6 Å². The number of halogens is 2. The molecule has 0 unspecified atom stereocenters. The summed E-state index contributed by atoms with van der Waals surface area (Å²) < 4.78 is 28.0. The first-order valence-corrected chi connectivity index (χ1v) is 7.01. The third kappa shape index (κ3) is 2.79. The van der Waals surface area contributed by atoms with Crippen LogP contribution in [0.25, 0.3) is 10.9 Å². The molecule has 0 saturated heterocycles. The van der Waals surface area contributed by atoms with Crippen LogP contribution in [0.2, 0.25) is 0 Å². The van der Waals surface area contributed by atoms with Crippen molar-refractivity contribution in [1.82, 2.24) is 19.6 Å². The van der Waals surface area contributed by atoms with E-state index in [1.54, 1.807) is 44.4 Å². The lowest BCUT2D eigenvalue weighted by molar-refractivity contribution is 0.101. The van der Waals surface area contributed by atoms with Crippen LogP contribution in [-0.2, 0) is 13.6 Å². The smallest absolute Gasteiger partial charge is 0.275 e. The first kappa shape index (κ1) is 15.1. The summed E-state index contributed by atoms with van der Waals surface area (Å²) in [7, 11) is 1.66. The Morgan fingerprint density at radius 1 is 1.35 bits per heavy atom. The van der Waals surface area contributed by atoms with Crippen molar-refractivity contribution in [3.05, 3.63) is 41.7 Å². The highest BCUT2D eigenvalue weighted by Gasteiger charge is 2.19. The van der Waals surface area contributed by atoms with Crippen LogP contribution in [0.4, 0.5) is 14.6 Å². The number of anilines is 1. The number of fused-ring (bicyclic) bond motifs is 1. The van der Waals surface area contributed by atoms with Gasteiger partial charge < -0.3 is 5.32 Å². The molecule has 1 N–H and O–H groups in total. The fraction of sp³-hybridized carbons (Fsp3) is 0.267. The maximum atomic E-state index is 12.7. The lowest BCUT2D eigenvalue weighted by atomic mass is 10.2. The molecular weight excluding hydrogens is 304 g/mol. The second-order valence-corrected chi connectivity index (χ2v) is 5.19. The summed E-state index contributed by atoms with van der Waals surface area (Å²) in [5.41, 5.74) is 1.67. The molecule has 0 bridgehead atoms. The first-order chi connectivity index (χ1) is 11.0. The van der Waals surface area contributed by atoms with E-state index < -0.39 is 13.0 Å². The van der Waals surface area contributed by atoms with Crippen molar-refractivity contribution in [2.45, 2.75) is 19.9 Å². The lowest BCUT2D eigenvalue weighted by Crippen LogP contribution is -2.18. The van der Waals surface area contributed by atoms with Gasteiger partial charge in [-0.1, -0.05) is 12.1 Å². The Bertz CT molecular complexity index is 849. The molecule has 8 heteroatoms. The minimum absolute atomic E-state index is 0.256. The monoisotopic (exact) mass is 319 g/mol. The molecule has 23 heavy (non-hydrogen) atoms. The van der Waals surface area contributed by atoms with Crippen molar-refractivity contribution in [3.8, 4) is 0 Å². The maximum Gasteiger partial charge on any atom is 0.275 e. The Labute approximate surface area is 130 Å². The van der Waals surface area contributed by atoms with Gasteiger partial charge in [0.1, 0.15) is 12.2 Å². The average Bonchev–Trinajstić information content (AvgIpc) is 3.00. The molecule has 2 aromatic heterocycles. The Morgan fingerprint density at radius 3 is 2.74 bits per heavy atom. The summed E-state index contributed by atoms with van der Waals surface area (Å²) in [5.74, 6) is -0.123. The normalized spacial score (nSPS) is 11.3. The Hall–Kier alpha value is -2.77. The fourth-order valence-electron chi connectivity index (χ4n) is 2.53. The van der Waals surface area contributed by atoms with E-state index in [0.717, 1.165) is 5.56 Å². The van der Waals surface area contributed by atoms with Gasteiger partial charge in [0, 0.05) is 12.4 Å². The van der Waals surface area contributed by atoms with Crippen molar-refractivity contribution in [2.24, 2.45) is 7.05 Å². The second kappa shape index (κ2) is 5.79. The van der Waals surface area contributed by atoms with Crippen molar-refractivity contribution >= 4 is 22.6 Å². The van der Waals surface area contributed by atoms with Crippen LogP contribution < -0.4 is 5.32 Å². The summed E-state index contributed by atoms with van der Waals surface area (Å²) in [6, 6.07) is 6.93. The van der Waals surface area contributed by atoms with E-state index in [4.69, 9.17) is 0 Å². The van der Waals surface area contributed by atoms with Gasteiger partial charge in [-0.2, -0.15) is 10.2 Å². The largest absolute Gasteiger partial charge is 0.303 e. The van der Waals surface area contributed by atoms with E-state index in [9.17, 15) is 13.6 Å². The topological polar surface area (TPSA) is 64.7 Å². The van der Waals surface area contributed by atoms with Crippen molar-refractivity contribution < 1.29 is 13.6 Å². The number of hydrogen-bond donors (Lipinski definition) is 1. The van der Waals surface area contributed by atoms with Crippen LogP contribution in [0, 0.1) is 6.92 Å². The average molecular weight is 319 g/mol. The predicted octanol–water partition coefficient (Wildman–Crippen LogP) is 2.60. The molecule has 0 aliphatic rings. The molecule has 6 nitrogen and oxygen atoms in total. The number of aryl methyl sites for hydroxylation is 2. The molecule has 1 amide bonds. The molecule has 3 rings (SSSR count). The standard InChI is InChI=1S/C15H15F2N5O/c1-9-7-18-21(2)13(9)15(23)19-14-10-5-3-4-6-11(10)22(20-14)8-12(16)17/h3-7,12H,8H2,1-2H3,(H,19,20,23). The zero-order valence-electron chi connectivity index (χ0n) is 12.6. The van der Waals surface area contributed by atoms with E-state index in [1.165, 1.54) is 9.36 Å². The van der Waals surface area contributed by atoms with Crippen LogP contribution in [0.3, 0.4) is 0 Å². The van der Waals surface area contributed by atoms with Crippen molar-refractivity contribution in [1.29, 1.82) is 0 Å². The van der Waals surface area contributed by atoms with Gasteiger partial charge >= 0.3 is 0 Å². The number of para-hydroxylation sites is 1. The second-order valence-electron chi connectivity index (χ2n) is 5.19. The number of nitrogens with zero attached hydrogens (tertiary/aromatic N) is 4. The highest BCUT2D eigenvalue weighted by molar-refractivity contribution is 6.07. The highest BCUT2D eigenvalue weighted by Crippen LogP contribution is 2.24. The predicted molar refractivity (Wildman–Crippen MR) is 81.6 cm³/mol. The summed E-state index contributed by atoms with van der Waals surface area (Å²) in [6.45, 7) is 1.25. The molecule has 0 atom stereocenters. The van der Waals surface area contributed by atoms with Gasteiger partial charge in [0.2, 0.25) is 0 Å². The number of amides is 1. The van der Waals surface area contributed by atoms with Gasteiger partial charge in [0.15, 0.2) is 5.82 Å². The molecule has 0 spiro atoms. The number of hydrogen-bond acceptors (Lipinski definition) is 3. The Kier molecular flexibility index (Phi) is 3.81. The Balaban J connectivity index is 1.99. The third-order valence-electron chi connectivity index (χ3n) is 3.54. The van der Waals surface area contributed by atoms with E-state index in [1.807, 2.05) is 0 Å². The molecular formula is C15H15F2N5O. The SMILES string of the molecule is Cc1cnn(C)c1C(=O)Nc1nn(CC(F)F)c2ccccc12. The molecule has 0 saturated carbocycles. The summed E-state index contributed by atoms with van der Waals surface area (Å²) in [4.78, 5) is 12.4. The van der Waals surface area contributed by atoms with Gasteiger partial charge in [-0.15, -0.1) is 0 Å². The zero-order chi connectivity index (χ0) is 16.6. The summed E-state index contributed by atoms with van der Waals surface area (Å²) in [5, 5.41) is 11.4. The summed E-state index contributed by atoms with van der Waals surface area (Å²) in [6.07, 6.45) is -0.941. The molecule has 0 aliphatic heterocycles. The molecule has 3 aromatic rings. The van der Waals surface area contributed by atoms with Crippen LogP contribution in [-0.4, -0.2) is 31.9 Å². The number of alkyl halides is 2. The number of rotatable bonds is 4. The minimum Gasteiger partial charge on any atom is -0.303 e. The maximum absolute atomic E-state index is 12.7. The van der Waals surface area contributed by atoms with Crippen molar-refractivity contribution in [3.63, 3.8) is 0 Å². The molecule has 0 radical (unpaired) electrons. The zero-order valence-corrected chi connectivity index (χ0v) is 12.6. The number of nitrogens with one attached hydrogen (secondary N) is 1. The van der Waals surface area contributed by atoms with Crippen molar-refractivity contribution in [2.75, 3.05) is 5.32 Å². The molecule has 0 aliphatic carbocycles. The van der Waals surface area contributed by atoms with Crippen LogP contribution in [0.15, 0.2) is 30.5 Å². The van der Waals surface area contributed by atoms with E-state index in [0.29, 0.717) is 16.6 Å². The number of carbonyl (C=O) groups excluding carboxylic acids is 1. The molecule has 2 heterocycles. The molecule has 120 valence electrons. The van der Waals surface area contributed by atoms with E-state index >= 15 is 0 Å². The molecule has 0 fully saturated rings. The van der Waals surface area contributed by atoms with E-state index in [2.05, 4.69) is 15.5 Å². The van der Waals surface area contributed by atoms with Gasteiger partial charge in [0.25, 0.3) is 12.3 Å².